The molecule has 0 spiro atoms. The molecule has 20 heavy (non-hydrogen) atoms. The van der Waals surface area contributed by atoms with Crippen molar-refractivity contribution in [3.05, 3.63) is 0 Å². The second-order valence-electron chi connectivity index (χ2n) is 7.31. The van der Waals surface area contributed by atoms with E-state index in [9.17, 15) is 0 Å². The Bertz CT molecular complexity index is 206. The smallest absolute Gasteiger partial charge is 0.00696 e. The first-order valence-corrected chi connectivity index (χ1v) is 9.71. The van der Waals surface area contributed by atoms with E-state index in [-0.39, 0.29) is 0 Å². The fourth-order valence-corrected chi connectivity index (χ4v) is 4.11. The molecule has 1 N–H and O–H groups in total. The molecule has 0 aliphatic heterocycles. The Morgan fingerprint density at radius 2 is 0.600 bits per heavy atom. The van der Waals surface area contributed by atoms with Gasteiger partial charge in [-0.2, -0.15) is 0 Å². The van der Waals surface area contributed by atoms with Gasteiger partial charge in [0.2, 0.25) is 0 Å². The molecule has 1 nitrogen and oxygen atoms in total. The van der Waals surface area contributed by atoms with E-state index in [1.54, 1.807) is 0 Å². The lowest BCUT2D eigenvalue weighted by atomic mass is 9.95. The molecular weight excluding hydrogens is 242 g/mol. The van der Waals surface area contributed by atoms with Crippen molar-refractivity contribution in [2.24, 2.45) is 0 Å². The molecule has 0 aromatic rings. The Kier molecular flexibility index (Phi) is 8.70. The zero-order valence-electron chi connectivity index (χ0n) is 13.7. The first-order chi connectivity index (χ1) is 9.95. The maximum atomic E-state index is 4.07. The van der Waals surface area contributed by atoms with Gasteiger partial charge >= 0.3 is 0 Å². The molecule has 0 aromatic heterocycles. The minimum Gasteiger partial charge on any atom is -0.311 e. The highest BCUT2D eigenvalue weighted by molar-refractivity contribution is 4.76. The van der Waals surface area contributed by atoms with Crippen molar-refractivity contribution in [2.75, 3.05) is 0 Å². The van der Waals surface area contributed by atoms with Gasteiger partial charge in [0.15, 0.2) is 0 Å². The molecule has 0 amide bonds. The SMILES string of the molecule is C1CCCCC(NC2CCCCCCCC2)CCCC1. The number of hydrogen-bond acceptors (Lipinski definition) is 1. The fraction of sp³-hybridized carbons (Fsp3) is 1.00. The first-order valence-electron chi connectivity index (χ1n) is 9.71. The summed E-state index contributed by atoms with van der Waals surface area (Å²) >= 11 is 0. The molecule has 2 aliphatic rings. The average molecular weight is 280 g/mol. The van der Waals surface area contributed by atoms with Crippen molar-refractivity contribution in [3.63, 3.8) is 0 Å². The van der Waals surface area contributed by atoms with Crippen LogP contribution in [0.1, 0.15) is 109 Å². The van der Waals surface area contributed by atoms with Gasteiger partial charge in [0.25, 0.3) is 0 Å². The summed E-state index contributed by atoms with van der Waals surface area (Å²) in [6, 6.07) is 1.67. The molecule has 2 saturated carbocycles. The molecule has 0 heterocycles. The lowest BCUT2D eigenvalue weighted by Gasteiger charge is -2.26. The van der Waals surface area contributed by atoms with Crippen LogP contribution in [0.5, 0.6) is 0 Å². The van der Waals surface area contributed by atoms with Crippen LogP contribution < -0.4 is 5.32 Å². The lowest BCUT2D eigenvalue weighted by molar-refractivity contribution is 0.331. The second kappa shape index (κ2) is 10.7. The zero-order chi connectivity index (χ0) is 13.9. The molecule has 0 radical (unpaired) electrons. The van der Waals surface area contributed by atoms with Crippen LogP contribution in [0.3, 0.4) is 0 Å². The van der Waals surface area contributed by atoms with Crippen LogP contribution in [-0.4, -0.2) is 12.1 Å². The summed E-state index contributed by atoms with van der Waals surface area (Å²) < 4.78 is 0. The predicted octanol–water partition coefficient (Wildman–Crippen LogP) is 5.97. The molecule has 0 unspecified atom stereocenters. The highest BCUT2D eigenvalue weighted by Gasteiger charge is 2.16. The highest BCUT2D eigenvalue weighted by atomic mass is 14.9. The van der Waals surface area contributed by atoms with Crippen molar-refractivity contribution in [3.8, 4) is 0 Å². The Morgan fingerprint density at radius 3 is 0.900 bits per heavy atom. The Balaban J connectivity index is 1.74. The van der Waals surface area contributed by atoms with E-state index in [1.807, 2.05) is 0 Å². The summed E-state index contributed by atoms with van der Waals surface area (Å²) in [5, 5.41) is 4.07. The van der Waals surface area contributed by atoms with Crippen molar-refractivity contribution < 1.29 is 0 Å². The molecule has 2 aliphatic carbocycles. The third-order valence-corrected chi connectivity index (χ3v) is 5.43. The van der Waals surface area contributed by atoms with Gasteiger partial charge in [-0.05, 0) is 25.7 Å². The predicted molar refractivity (Wildman–Crippen MR) is 89.2 cm³/mol. The van der Waals surface area contributed by atoms with E-state index in [4.69, 9.17) is 0 Å². The monoisotopic (exact) mass is 279 g/mol. The summed E-state index contributed by atoms with van der Waals surface area (Å²) in [5.41, 5.74) is 0. The van der Waals surface area contributed by atoms with Gasteiger partial charge in [0, 0.05) is 12.1 Å². The van der Waals surface area contributed by atoms with Gasteiger partial charge in [-0.25, -0.2) is 0 Å². The van der Waals surface area contributed by atoms with Crippen molar-refractivity contribution in [1.82, 2.24) is 5.32 Å². The van der Waals surface area contributed by atoms with E-state index < -0.39 is 0 Å². The highest BCUT2D eigenvalue weighted by Crippen LogP contribution is 2.21. The van der Waals surface area contributed by atoms with E-state index in [0.29, 0.717) is 0 Å². The van der Waals surface area contributed by atoms with Gasteiger partial charge in [-0.1, -0.05) is 83.5 Å². The standard InChI is InChI=1S/C19H37N/c1-2-6-10-14-18(15-11-7-3-1)20-19-16-12-8-4-5-9-13-17-19/h18-20H,1-17H2. The molecule has 2 fully saturated rings. The summed E-state index contributed by atoms with van der Waals surface area (Å²) in [4.78, 5) is 0. The molecular formula is C19H37N. The van der Waals surface area contributed by atoms with Crippen LogP contribution in [0, 0.1) is 0 Å². The average Bonchev–Trinajstić information content (AvgIpc) is 2.60. The largest absolute Gasteiger partial charge is 0.311 e. The number of hydrogen-bond donors (Lipinski definition) is 1. The lowest BCUT2D eigenvalue weighted by Crippen LogP contribution is -2.38. The van der Waals surface area contributed by atoms with Crippen molar-refractivity contribution in [1.29, 1.82) is 0 Å². The van der Waals surface area contributed by atoms with Gasteiger partial charge in [0.1, 0.15) is 0 Å². The Hall–Kier alpha value is -0.0400. The first kappa shape index (κ1) is 16.3. The maximum absolute atomic E-state index is 4.07. The maximum Gasteiger partial charge on any atom is 0.00696 e. The number of nitrogens with one attached hydrogen (secondary N) is 1. The molecule has 2 rings (SSSR count). The molecule has 0 atom stereocenters. The van der Waals surface area contributed by atoms with Gasteiger partial charge in [-0.15, -0.1) is 0 Å². The number of rotatable bonds is 2. The van der Waals surface area contributed by atoms with E-state index in [0.717, 1.165) is 12.1 Å². The summed E-state index contributed by atoms with van der Waals surface area (Å²) in [5.74, 6) is 0. The minimum atomic E-state index is 0.832. The van der Waals surface area contributed by atoms with Crippen LogP contribution in [-0.2, 0) is 0 Å². The normalized spacial score (nSPS) is 26.4. The zero-order valence-corrected chi connectivity index (χ0v) is 13.7. The summed E-state index contributed by atoms with van der Waals surface area (Å²) in [7, 11) is 0. The minimum absolute atomic E-state index is 0.832. The van der Waals surface area contributed by atoms with Crippen LogP contribution in [0.15, 0.2) is 0 Å². The Labute approximate surface area is 127 Å². The van der Waals surface area contributed by atoms with Gasteiger partial charge in [0.05, 0.1) is 0 Å². The third kappa shape index (κ3) is 7.11. The van der Waals surface area contributed by atoms with E-state index >= 15 is 0 Å². The molecule has 118 valence electrons. The van der Waals surface area contributed by atoms with E-state index in [2.05, 4.69) is 5.32 Å². The van der Waals surface area contributed by atoms with Gasteiger partial charge in [-0.3, -0.25) is 0 Å². The molecule has 0 aromatic carbocycles. The van der Waals surface area contributed by atoms with Crippen molar-refractivity contribution >= 4 is 0 Å². The third-order valence-electron chi connectivity index (χ3n) is 5.43. The topological polar surface area (TPSA) is 12.0 Å². The second-order valence-corrected chi connectivity index (χ2v) is 7.31. The van der Waals surface area contributed by atoms with Crippen LogP contribution >= 0.6 is 0 Å². The Morgan fingerprint density at radius 1 is 0.350 bits per heavy atom. The molecule has 0 saturated heterocycles. The van der Waals surface area contributed by atoms with Crippen LogP contribution in [0.2, 0.25) is 0 Å². The van der Waals surface area contributed by atoms with Crippen LogP contribution in [0.25, 0.3) is 0 Å². The molecule has 0 bridgehead atoms. The summed E-state index contributed by atoms with van der Waals surface area (Å²) in [6.45, 7) is 0. The van der Waals surface area contributed by atoms with Gasteiger partial charge < -0.3 is 5.32 Å². The fourth-order valence-electron chi connectivity index (χ4n) is 4.11. The molecule has 1 heteroatoms. The van der Waals surface area contributed by atoms with Crippen LogP contribution in [0.4, 0.5) is 0 Å². The summed E-state index contributed by atoms with van der Waals surface area (Å²) in [6.07, 6.45) is 24.9. The van der Waals surface area contributed by atoms with Crippen molar-refractivity contribution in [2.45, 2.75) is 121 Å². The quantitative estimate of drug-likeness (QED) is 0.656. The van der Waals surface area contributed by atoms with E-state index in [1.165, 1.54) is 109 Å².